The molecule has 140 valence electrons. The van der Waals surface area contributed by atoms with Crippen molar-refractivity contribution in [3.8, 4) is 0 Å². The fourth-order valence-electron chi connectivity index (χ4n) is 3.12. The minimum atomic E-state index is -3.48. The molecule has 0 spiro atoms. The lowest BCUT2D eigenvalue weighted by Gasteiger charge is -2.33. The Labute approximate surface area is 160 Å². The molecule has 1 aliphatic rings. The summed E-state index contributed by atoms with van der Waals surface area (Å²) >= 11 is 5.83. The molecule has 1 unspecified atom stereocenters. The highest BCUT2D eigenvalue weighted by atomic mass is 35.5. The molecule has 1 aliphatic heterocycles. The number of hydrogen-bond acceptors (Lipinski definition) is 4. The molecule has 5 nitrogen and oxygen atoms in total. The zero-order valence-corrected chi connectivity index (χ0v) is 16.3. The fourth-order valence-corrected chi connectivity index (χ4v) is 4.45. The van der Waals surface area contributed by atoms with E-state index >= 15 is 0 Å². The second kappa shape index (κ2) is 8.29. The minimum absolute atomic E-state index is 0.0897. The van der Waals surface area contributed by atoms with Crippen LogP contribution in [0.5, 0.6) is 0 Å². The number of sulfonamides is 1. The zero-order chi connectivity index (χ0) is 18.6. The smallest absolute Gasteiger partial charge is 0.236 e. The van der Waals surface area contributed by atoms with Gasteiger partial charge in [0, 0.05) is 36.6 Å². The van der Waals surface area contributed by atoms with Gasteiger partial charge in [-0.05, 0) is 54.8 Å². The summed E-state index contributed by atoms with van der Waals surface area (Å²) in [6.45, 7) is 1.85. The molecule has 1 fully saturated rings. The van der Waals surface area contributed by atoms with Crippen LogP contribution in [-0.4, -0.2) is 34.7 Å². The molecule has 2 aromatic carbocycles. The lowest BCUT2D eigenvalue weighted by Crippen LogP contribution is -2.39. The lowest BCUT2D eigenvalue weighted by atomic mass is 10.1. The van der Waals surface area contributed by atoms with Crippen molar-refractivity contribution in [1.29, 1.82) is 0 Å². The van der Waals surface area contributed by atoms with Crippen LogP contribution in [0.3, 0.4) is 0 Å². The van der Waals surface area contributed by atoms with E-state index in [1.54, 1.807) is 43.5 Å². The number of halogens is 1. The molecular formula is C19H23ClN2O3S. The van der Waals surface area contributed by atoms with Crippen LogP contribution in [0.2, 0.25) is 5.02 Å². The van der Waals surface area contributed by atoms with E-state index < -0.39 is 10.0 Å². The SMILES string of the molecule is COC1CCCN(c2ccc(NS(=O)(=O)Cc3ccc(Cl)cc3)cc2)C1. The number of piperidine rings is 1. The van der Waals surface area contributed by atoms with Crippen LogP contribution in [-0.2, 0) is 20.5 Å². The van der Waals surface area contributed by atoms with E-state index in [4.69, 9.17) is 16.3 Å². The van der Waals surface area contributed by atoms with E-state index in [1.807, 2.05) is 12.1 Å². The van der Waals surface area contributed by atoms with Gasteiger partial charge in [-0.3, -0.25) is 4.72 Å². The molecule has 1 N–H and O–H groups in total. The van der Waals surface area contributed by atoms with Crippen LogP contribution in [0.25, 0.3) is 0 Å². The number of benzene rings is 2. The predicted molar refractivity (Wildman–Crippen MR) is 106 cm³/mol. The number of ether oxygens (including phenoxy) is 1. The summed E-state index contributed by atoms with van der Waals surface area (Å²) in [5, 5.41) is 0.586. The molecule has 2 aromatic rings. The zero-order valence-electron chi connectivity index (χ0n) is 14.7. The van der Waals surface area contributed by atoms with Gasteiger partial charge in [-0.2, -0.15) is 0 Å². The maximum Gasteiger partial charge on any atom is 0.236 e. The fraction of sp³-hybridized carbons (Fsp3) is 0.368. The highest BCUT2D eigenvalue weighted by Gasteiger charge is 2.19. The van der Waals surface area contributed by atoms with Crippen molar-refractivity contribution in [2.75, 3.05) is 29.8 Å². The van der Waals surface area contributed by atoms with E-state index in [2.05, 4.69) is 9.62 Å². The van der Waals surface area contributed by atoms with Gasteiger partial charge >= 0.3 is 0 Å². The molecule has 1 atom stereocenters. The summed E-state index contributed by atoms with van der Waals surface area (Å²) in [7, 11) is -1.73. The molecule has 0 amide bonds. The van der Waals surface area contributed by atoms with Gasteiger partial charge in [-0.15, -0.1) is 0 Å². The molecule has 7 heteroatoms. The number of hydrogen-bond donors (Lipinski definition) is 1. The molecular weight excluding hydrogens is 372 g/mol. The first-order chi connectivity index (χ1) is 12.4. The first-order valence-corrected chi connectivity index (χ1v) is 10.6. The van der Waals surface area contributed by atoms with E-state index in [1.165, 1.54) is 0 Å². The van der Waals surface area contributed by atoms with Crippen molar-refractivity contribution in [3.05, 3.63) is 59.1 Å². The van der Waals surface area contributed by atoms with Crippen LogP contribution in [0, 0.1) is 0 Å². The quantitative estimate of drug-likeness (QED) is 0.807. The average molecular weight is 395 g/mol. The Kier molecular flexibility index (Phi) is 6.06. The highest BCUT2D eigenvalue weighted by molar-refractivity contribution is 7.91. The Morgan fingerprint density at radius 2 is 1.85 bits per heavy atom. The van der Waals surface area contributed by atoms with Crippen LogP contribution >= 0.6 is 11.6 Å². The van der Waals surface area contributed by atoms with Gasteiger partial charge in [-0.25, -0.2) is 8.42 Å². The third kappa shape index (κ3) is 5.13. The van der Waals surface area contributed by atoms with Gasteiger partial charge < -0.3 is 9.64 Å². The summed E-state index contributed by atoms with van der Waals surface area (Å²) < 4.78 is 32.8. The molecule has 0 radical (unpaired) electrons. The largest absolute Gasteiger partial charge is 0.380 e. The predicted octanol–water partition coefficient (Wildman–Crippen LogP) is 3.90. The standard InChI is InChI=1S/C19H23ClN2O3S/c1-25-19-3-2-12-22(13-19)18-10-8-17(9-11-18)21-26(23,24)14-15-4-6-16(20)7-5-15/h4-11,19,21H,2-3,12-14H2,1H3. The number of nitrogens with one attached hydrogen (secondary N) is 1. The van der Waals surface area contributed by atoms with Crippen molar-refractivity contribution in [2.45, 2.75) is 24.7 Å². The van der Waals surface area contributed by atoms with E-state index in [0.29, 0.717) is 16.3 Å². The number of methoxy groups -OCH3 is 1. The van der Waals surface area contributed by atoms with Gasteiger partial charge in [0.15, 0.2) is 0 Å². The van der Waals surface area contributed by atoms with Crippen LogP contribution in [0.15, 0.2) is 48.5 Å². The van der Waals surface area contributed by atoms with Crippen LogP contribution in [0.1, 0.15) is 18.4 Å². The van der Waals surface area contributed by atoms with Crippen molar-refractivity contribution >= 4 is 33.0 Å². The third-order valence-corrected chi connectivity index (χ3v) is 6.00. The first kappa shape index (κ1) is 19.0. The van der Waals surface area contributed by atoms with Gasteiger partial charge in [-0.1, -0.05) is 23.7 Å². The summed E-state index contributed by atoms with van der Waals surface area (Å²) in [4.78, 5) is 2.27. The summed E-state index contributed by atoms with van der Waals surface area (Å²) in [6.07, 6.45) is 2.42. The monoisotopic (exact) mass is 394 g/mol. The van der Waals surface area contributed by atoms with Gasteiger partial charge in [0.05, 0.1) is 11.9 Å². The third-order valence-electron chi connectivity index (χ3n) is 4.49. The Morgan fingerprint density at radius 1 is 1.15 bits per heavy atom. The van der Waals surface area contributed by atoms with Crippen LogP contribution in [0.4, 0.5) is 11.4 Å². The van der Waals surface area contributed by atoms with E-state index in [0.717, 1.165) is 31.6 Å². The molecule has 1 heterocycles. The number of anilines is 2. The molecule has 0 aliphatic carbocycles. The van der Waals surface area contributed by atoms with Crippen LogP contribution < -0.4 is 9.62 Å². The normalized spacial score (nSPS) is 17.9. The second-order valence-corrected chi connectivity index (χ2v) is 8.64. The molecule has 0 aromatic heterocycles. The summed E-state index contributed by atoms with van der Waals surface area (Å²) in [5.41, 5.74) is 2.33. The molecule has 1 saturated heterocycles. The molecule has 0 saturated carbocycles. The Bertz CT molecular complexity index is 823. The topological polar surface area (TPSA) is 58.6 Å². The highest BCUT2D eigenvalue weighted by Crippen LogP contribution is 2.23. The Balaban J connectivity index is 1.63. The minimum Gasteiger partial charge on any atom is -0.380 e. The number of nitrogens with zero attached hydrogens (tertiary/aromatic N) is 1. The van der Waals surface area contributed by atoms with Gasteiger partial charge in [0.2, 0.25) is 10.0 Å². The summed E-state index contributed by atoms with van der Waals surface area (Å²) in [5.74, 6) is -0.0897. The van der Waals surface area contributed by atoms with Crippen molar-refractivity contribution in [1.82, 2.24) is 0 Å². The summed E-state index contributed by atoms with van der Waals surface area (Å²) in [6, 6.07) is 14.3. The maximum atomic E-state index is 12.4. The van der Waals surface area contributed by atoms with E-state index in [9.17, 15) is 8.42 Å². The number of rotatable bonds is 6. The van der Waals surface area contributed by atoms with Crippen molar-refractivity contribution < 1.29 is 13.2 Å². The lowest BCUT2D eigenvalue weighted by molar-refractivity contribution is 0.0893. The maximum absolute atomic E-state index is 12.4. The average Bonchev–Trinajstić information content (AvgIpc) is 2.64. The van der Waals surface area contributed by atoms with Crippen molar-refractivity contribution in [2.24, 2.45) is 0 Å². The van der Waals surface area contributed by atoms with Gasteiger partial charge in [0.25, 0.3) is 0 Å². The Hall–Kier alpha value is -1.76. The van der Waals surface area contributed by atoms with Crippen molar-refractivity contribution in [3.63, 3.8) is 0 Å². The molecule has 26 heavy (non-hydrogen) atoms. The Morgan fingerprint density at radius 3 is 2.50 bits per heavy atom. The molecule has 0 bridgehead atoms. The van der Waals surface area contributed by atoms with E-state index in [-0.39, 0.29) is 11.9 Å². The molecule has 3 rings (SSSR count). The van der Waals surface area contributed by atoms with Gasteiger partial charge in [0.1, 0.15) is 0 Å². The second-order valence-electron chi connectivity index (χ2n) is 6.48. The first-order valence-electron chi connectivity index (χ1n) is 8.58.